The molecule has 0 radical (unpaired) electrons. The Hall–Kier alpha value is -1.16. The maximum atomic E-state index is 13.1. The van der Waals surface area contributed by atoms with Gasteiger partial charge in [0.15, 0.2) is 5.13 Å². The van der Waals surface area contributed by atoms with Gasteiger partial charge in [0, 0.05) is 39.8 Å². The summed E-state index contributed by atoms with van der Waals surface area (Å²) in [5, 5.41) is 23.2. The van der Waals surface area contributed by atoms with E-state index in [1.54, 1.807) is 6.07 Å². The Balaban J connectivity index is 1.74. The molecule has 178 valence electrons. The van der Waals surface area contributed by atoms with Gasteiger partial charge in [-0.3, -0.25) is 4.79 Å². The number of aliphatic hydroxyl groups excluding tert-OH is 1. The fourth-order valence-corrected chi connectivity index (χ4v) is 5.40. The van der Waals surface area contributed by atoms with Gasteiger partial charge >= 0.3 is 5.97 Å². The van der Waals surface area contributed by atoms with Crippen LogP contribution in [0.2, 0.25) is 5.02 Å². The third kappa shape index (κ3) is 10.6. The number of aryl methyl sites for hydroxylation is 2. The van der Waals surface area contributed by atoms with E-state index in [9.17, 15) is 14.3 Å². The van der Waals surface area contributed by atoms with Gasteiger partial charge in [0.25, 0.3) is 0 Å². The predicted octanol–water partition coefficient (Wildman–Crippen LogP) is 5.25. The van der Waals surface area contributed by atoms with Gasteiger partial charge in [0.2, 0.25) is 0 Å². The Morgan fingerprint density at radius 2 is 2.06 bits per heavy atom. The zero-order valence-corrected chi connectivity index (χ0v) is 21.1. The normalized spacial score (nSPS) is 13.0. The number of benzene rings is 1. The van der Waals surface area contributed by atoms with Crippen LogP contribution < -0.4 is 5.32 Å². The van der Waals surface area contributed by atoms with Crippen LogP contribution in [0, 0.1) is 5.13 Å². The molecule has 0 bridgehead atoms. The molecular weight excluding hydrogens is 471 g/mol. The van der Waals surface area contributed by atoms with Gasteiger partial charge in [0.05, 0.1) is 6.10 Å². The van der Waals surface area contributed by atoms with Crippen molar-refractivity contribution in [3.8, 4) is 0 Å². The lowest BCUT2D eigenvalue weighted by Gasteiger charge is -2.29. The lowest BCUT2D eigenvalue weighted by molar-refractivity contribution is -0.136. The lowest BCUT2D eigenvalue weighted by atomic mass is 9.96. The smallest absolute Gasteiger partial charge is 0.303 e. The highest BCUT2D eigenvalue weighted by Gasteiger charge is 2.19. The molecule has 1 atom stereocenters. The lowest BCUT2D eigenvalue weighted by Crippen LogP contribution is -2.45. The van der Waals surface area contributed by atoms with Crippen LogP contribution in [-0.2, 0) is 17.6 Å². The molecule has 0 aliphatic heterocycles. The molecule has 0 amide bonds. The minimum absolute atomic E-state index is 0.0602. The average molecular weight is 503 g/mol. The van der Waals surface area contributed by atoms with E-state index in [2.05, 4.69) is 19.2 Å². The van der Waals surface area contributed by atoms with E-state index in [-0.39, 0.29) is 17.1 Å². The van der Waals surface area contributed by atoms with Crippen molar-refractivity contribution in [2.45, 2.75) is 62.5 Å². The first-order chi connectivity index (χ1) is 15.0. The van der Waals surface area contributed by atoms with E-state index in [4.69, 9.17) is 16.7 Å². The van der Waals surface area contributed by atoms with E-state index >= 15 is 0 Å². The van der Waals surface area contributed by atoms with E-state index in [1.807, 2.05) is 29.6 Å². The van der Waals surface area contributed by atoms with E-state index in [0.717, 1.165) is 34.6 Å². The molecule has 0 fully saturated rings. The number of thiophene rings is 1. The second-order valence-corrected chi connectivity index (χ2v) is 11.4. The molecule has 1 aromatic heterocycles. The van der Waals surface area contributed by atoms with Crippen molar-refractivity contribution in [3.05, 3.63) is 50.9 Å². The fourth-order valence-electron chi connectivity index (χ4n) is 3.32. The molecule has 0 saturated carbocycles. The van der Waals surface area contributed by atoms with Crippen LogP contribution in [0.5, 0.6) is 0 Å². The summed E-state index contributed by atoms with van der Waals surface area (Å²) in [6.45, 7) is 5.14. The number of nitrogens with one attached hydrogen (secondary N) is 1. The number of carbonyl (C=O) groups is 1. The van der Waals surface area contributed by atoms with Gasteiger partial charge in [-0.15, -0.1) is 11.3 Å². The van der Waals surface area contributed by atoms with Crippen molar-refractivity contribution in [1.82, 2.24) is 9.62 Å². The minimum Gasteiger partial charge on any atom is -0.481 e. The van der Waals surface area contributed by atoms with Gasteiger partial charge in [-0.2, -0.15) is 4.39 Å². The second kappa shape index (κ2) is 12.9. The highest BCUT2D eigenvalue weighted by atomic mass is 35.5. The van der Waals surface area contributed by atoms with Crippen LogP contribution in [0.15, 0.2) is 35.2 Å². The third-order valence-corrected chi connectivity index (χ3v) is 7.02. The van der Waals surface area contributed by atoms with Crippen molar-refractivity contribution in [2.24, 2.45) is 0 Å². The van der Waals surface area contributed by atoms with Crippen LogP contribution in [-0.4, -0.2) is 52.3 Å². The first kappa shape index (κ1) is 27.1. The number of carboxylic acid groups (broad SMARTS) is 1. The first-order valence-electron chi connectivity index (χ1n) is 10.6. The Morgan fingerprint density at radius 3 is 2.72 bits per heavy atom. The minimum atomic E-state index is -0.838. The van der Waals surface area contributed by atoms with Gasteiger partial charge in [-0.25, -0.2) is 4.31 Å². The summed E-state index contributed by atoms with van der Waals surface area (Å²) in [5.74, 6) is -0.838. The summed E-state index contributed by atoms with van der Waals surface area (Å²) in [6.07, 6.45) is 2.66. The maximum absolute atomic E-state index is 13.1. The highest BCUT2D eigenvalue weighted by molar-refractivity contribution is 7.97. The Morgan fingerprint density at radius 1 is 1.31 bits per heavy atom. The number of aliphatic hydroxyl groups is 1. The predicted molar refractivity (Wildman–Crippen MR) is 131 cm³/mol. The van der Waals surface area contributed by atoms with Crippen molar-refractivity contribution >= 4 is 40.9 Å². The number of carboxylic acids is 1. The van der Waals surface area contributed by atoms with Crippen LogP contribution in [0.1, 0.15) is 43.6 Å². The number of aliphatic carboxylic acids is 1. The van der Waals surface area contributed by atoms with Gasteiger partial charge in [-0.05, 0) is 94.4 Å². The fraction of sp³-hybridized carbons (Fsp3) is 0.522. The van der Waals surface area contributed by atoms with E-state index in [0.29, 0.717) is 24.5 Å². The molecule has 32 heavy (non-hydrogen) atoms. The molecular formula is C23H32ClFN2O3S2. The van der Waals surface area contributed by atoms with Crippen molar-refractivity contribution < 1.29 is 19.4 Å². The van der Waals surface area contributed by atoms with Crippen molar-refractivity contribution in [1.29, 1.82) is 0 Å². The molecule has 5 nitrogen and oxygen atoms in total. The molecule has 2 rings (SSSR count). The molecule has 1 heterocycles. The second-order valence-electron chi connectivity index (χ2n) is 8.57. The number of β-amino-alcohol motifs (C(OH)–C–C–N with tert-alkyl or cyclic N) is 1. The van der Waals surface area contributed by atoms with E-state index < -0.39 is 12.1 Å². The summed E-state index contributed by atoms with van der Waals surface area (Å²) >= 11 is 8.85. The third-order valence-electron chi connectivity index (χ3n) is 4.96. The molecule has 9 heteroatoms. The van der Waals surface area contributed by atoms with Crippen LogP contribution >= 0.6 is 34.9 Å². The number of halogens is 2. The van der Waals surface area contributed by atoms with Crippen LogP contribution in [0.3, 0.4) is 0 Å². The topological polar surface area (TPSA) is 72.8 Å². The first-order valence-corrected chi connectivity index (χ1v) is 12.6. The molecule has 0 unspecified atom stereocenters. The summed E-state index contributed by atoms with van der Waals surface area (Å²) < 4.78 is 15.0. The van der Waals surface area contributed by atoms with E-state index in [1.165, 1.54) is 29.4 Å². The number of rotatable bonds is 14. The maximum Gasteiger partial charge on any atom is 0.303 e. The average Bonchev–Trinajstić information content (AvgIpc) is 3.09. The SMILES string of the molecule is CN(C[C@H](O)CNC(C)(C)CCCc1ccc(F)s1)Sc1cc(Cl)cc(CCC(=O)O)c1. The van der Waals surface area contributed by atoms with Crippen LogP contribution in [0.4, 0.5) is 4.39 Å². The highest BCUT2D eigenvalue weighted by Crippen LogP contribution is 2.27. The molecule has 0 spiro atoms. The zero-order valence-electron chi connectivity index (χ0n) is 18.7. The van der Waals surface area contributed by atoms with Gasteiger partial charge < -0.3 is 15.5 Å². The molecule has 0 aliphatic rings. The zero-order chi connectivity index (χ0) is 23.7. The summed E-state index contributed by atoms with van der Waals surface area (Å²) in [4.78, 5) is 12.8. The molecule has 0 aliphatic carbocycles. The van der Waals surface area contributed by atoms with Crippen molar-refractivity contribution in [2.75, 3.05) is 20.1 Å². The largest absolute Gasteiger partial charge is 0.481 e. The quantitative estimate of drug-likeness (QED) is 0.306. The summed E-state index contributed by atoms with van der Waals surface area (Å²) in [6, 6.07) is 8.90. The van der Waals surface area contributed by atoms with Crippen molar-refractivity contribution in [3.63, 3.8) is 0 Å². The summed E-state index contributed by atoms with van der Waals surface area (Å²) in [7, 11) is 1.90. The number of hydrogen-bond donors (Lipinski definition) is 3. The molecule has 0 saturated heterocycles. The molecule has 1 aromatic carbocycles. The summed E-state index contributed by atoms with van der Waals surface area (Å²) in [5.41, 5.74) is 0.749. The Bertz CT molecular complexity index is 879. The van der Waals surface area contributed by atoms with Gasteiger partial charge in [0.1, 0.15) is 0 Å². The Kier molecular flexibility index (Phi) is 10.9. The Labute approximate surface area is 203 Å². The van der Waals surface area contributed by atoms with Gasteiger partial charge in [-0.1, -0.05) is 11.6 Å². The number of hydrogen-bond acceptors (Lipinski definition) is 6. The number of likely N-dealkylation sites (N-methyl/N-ethyl adjacent to an activating group) is 1. The molecule has 2 aromatic rings. The monoisotopic (exact) mass is 502 g/mol. The standard InChI is InChI=1S/C23H32ClFN2O3S2/c1-23(2,10-4-5-19-7-8-21(25)31-19)26-14-18(28)15-27(3)32-20-12-16(6-9-22(29)30)11-17(24)13-20/h7-8,11-13,18,26,28H,4-6,9-10,14-15H2,1-3H3,(H,29,30)/t18-/m1/s1. The number of nitrogens with zero attached hydrogens (tertiary/aromatic N) is 1. The van der Waals surface area contributed by atoms with Crippen LogP contribution in [0.25, 0.3) is 0 Å². The molecule has 3 N–H and O–H groups in total.